The molecule has 1 aromatic carbocycles. The summed E-state index contributed by atoms with van der Waals surface area (Å²) in [6, 6.07) is 3.25. The van der Waals surface area contributed by atoms with Crippen molar-refractivity contribution in [1.82, 2.24) is 9.80 Å². The number of ether oxygens (including phenoxy) is 3. The van der Waals surface area contributed by atoms with E-state index in [9.17, 15) is 9.59 Å². The van der Waals surface area contributed by atoms with Gasteiger partial charge in [-0.05, 0) is 7.05 Å². The maximum Gasteiger partial charge on any atom is 0.233 e. The van der Waals surface area contributed by atoms with Crippen molar-refractivity contribution in [3.8, 4) is 17.2 Å². The summed E-state index contributed by atoms with van der Waals surface area (Å²) in [5.41, 5.74) is 0.477. The van der Waals surface area contributed by atoms with E-state index in [0.717, 1.165) is 13.1 Å². The highest BCUT2D eigenvalue weighted by Crippen LogP contribution is 2.39. The fourth-order valence-corrected chi connectivity index (χ4v) is 2.66. The van der Waals surface area contributed by atoms with Crippen molar-refractivity contribution in [3.63, 3.8) is 0 Å². The van der Waals surface area contributed by atoms with Crippen LogP contribution in [0.15, 0.2) is 12.1 Å². The minimum atomic E-state index is -0.377. The number of methoxy groups -OCH3 is 3. The summed E-state index contributed by atoms with van der Waals surface area (Å²) in [6.07, 6.45) is -0.194. The zero-order chi connectivity index (χ0) is 18.4. The molecule has 0 aromatic heterocycles. The second kappa shape index (κ2) is 8.57. The van der Waals surface area contributed by atoms with Crippen LogP contribution in [-0.2, 0) is 9.59 Å². The normalized spacial score (nSPS) is 14.8. The summed E-state index contributed by atoms with van der Waals surface area (Å²) in [7, 11) is 6.52. The topological polar surface area (TPSA) is 80.3 Å². The van der Waals surface area contributed by atoms with Crippen LogP contribution in [0.1, 0.15) is 6.42 Å². The Morgan fingerprint density at radius 1 is 1.00 bits per heavy atom. The number of benzene rings is 1. The molecule has 25 heavy (non-hydrogen) atoms. The highest BCUT2D eigenvalue weighted by atomic mass is 16.5. The van der Waals surface area contributed by atoms with Crippen LogP contribution < -0.4 is 19.5 Å². The molecule has 2 rings (SSSR count). The van der Waals surface area contributed by atoms with Gasteiger partial charge in [0.2, 0.25) is 17.6 Å². The highest BCUT2D eigenvalue weighted by Gasteiger charge is 2.22. The molecule has 0 saturated carbocycles. The molecule has 1 saturated heterocycles. The molecule has 1 N–H and O–H groups in total. The van der Waals surface area contributed by atoms with Crippen LogP contribution >= 0.6 is 0 Å². The van der Waals surface area contributed by atoms with Crippen LogP contribution in [0.4, 0.5) is 5.69 Å². The van der Waals surface area contributed by atoms with Crippen molar-refractivity contribution in [2.45, 2.75) is 6.42 Å². The van der Waals surface area contributed by atoms with Gasteiger partial charge in [0.25, 0.3) is 0 Å². The van der Waals surface area contributed by atoms with Crippen LogP contribution in [0.3, 0.4) is 0 Å². The first kappa shape index (κ1) is 18.9. The van der Waals surface area contributed by atoms with Crippen molar-refractivity contribution < 1.29 is 23.8 Å². The summed E-state index contributed by atoms with van der Waals surface area (Å²) in [4.78, 5) is 28.3. The molecule has 8 nitrogen and oxygen atoms in total. The molecule has 8 heteroatoms. The van der Waals surface area contributed by atoms with Crippen LogP contribution in [-0.4, -0.2) is 76.2 Å². The molecule has 0 radical (unpaired) electrons. The van der Waals surface area contributed by atoms with Gasteiger partial charge in [-0.15, -0.1) is 0 Å². The van der Waals surface area contributed by atoms with Crippen LogP contribution in [0.25, 0.3) is 0 Å². The number of piperazine rings is 1. The van der Waals surface area contributed by atoms with Crippen LogP contribution in [0.5, 0.6) is 17.2 Å². The predicted molar refractivity (Wildman–Crippen MR) is 93.4 cm³/mol. The van der Waals surface area contributed by atoms with Gasteiger partial charge in [-0.3, -0.25) is 9.59 Å². The molecule has 0 atom stereocenters. The van der Waals surface area contributed by atoms with E-state index in [1.165, 1.54) is 21.3 Å². The smallest absolute Gasteiger partial charge is 0.233 e. The van der Waals surface area contributed by atoms with Crippen molar-refractivity contribution in [1.29, 1.82) is 0 Å². The molecule has 0 spiro atoms. The van der Waals surface area contributed by atoms with E-state index in [1.807, 2.05) is 7.05 Å². The fourth-order valence-electron chi connectivity index (χ4n) is 2.66. The van der Waals surface area contributed by atoms with E-state index in [0.29, 0.717) is 36.0 Å². The van der Waals surface area contributed by atoms with Gasteiger partial charge in [0, 0.05) is 44.0 Å². The monoisotopic (exact) mass is 351 g/mol. The lowest BCUT2D eigenvalue weighted by atomic mass is 10.2. The highest BCUT2D eigenvalue weighted by molar-refractivity contribution is 6.03. The first-order valence-corrected chi connectivity index (χ1v) is 8.04. The van der Waals surface area contributed by atoms with Gasteiger partial charge >= 0.3 is 0 Å². The Kier molecular flexibility index (Phi) is 6.46. The summed E-state index contributed by atoms with van der Waals surface area (Å²) >= 11 is 0. The first-order chi connectivity index (χ1) is 12.0. The average molecular weight is 351 g/mol. The standard InChI is InChI=1S/C17H25N3O5/c1-19-5-7-20(8-6-19)16(22)11-15(21)18-12-9-13(23-2)17(25-4)14(10-12)24-3/h9-10H,5-8,11H2,1-4H3,(H,18,21). The lowest BCUT2D eigenvalue weighted by Gasteiger charge is -2.32. The third kappa shape index (κ3) is 4.76. The maximum absolute atomic E-state index is 12.2. The minimum Gasteiger partial charge on any atom is -0.493 e. The number of likely N-dealkylation sites (N-methyl/N-ethyl adjacent to an activating group) is 1. The molecular formula is C17H25N3O5. The molecule has 1 aliphatic rings. The van der Waals surface area contributed by atoms with Gasteiger partial charge < -0.3 is 29.3 Å². The lowest BCUT2D eigenvalue weighted by molar-refractivity contribution is -0.135. The number of nitrogens with zero attached hydrogens (tertiary/aromatic N) is 2. The Hall–Kier alpha value is -2.48. The molecule has 1 heterocycles. The minimum absolute atomic E-state index is 0.168. The van der Waals surface area contributed by atoms with Gasteiger partial charge in [-0.1, -0.05) is 0 Å². The number of carbonyl (C=O) groups excluding carboxylic acids is 2. The molecule has 1 aliphatic heterocycles. The molecule has 0 aliphatic carbocycles. The Morgan fingerprint density at radius 3 is 2.04 bits per heavy atom. The van der Waals surface area contributed by atoms with Gasteiger partial charge in [0.15, 0.2) is 11.5 Å². The number of hydrogen-bond donors (Lipinski definition) is 1. The van der Waals surface area contributed by atoms with E-state index >= 15 is 0 Å². The molecular weight excluding hydrogens is 326 g/mol. The van der Waals surface area contributed by atoms with Crippen molar-refractivity contribution in [2.24, 2.45) is 0 Å². The van der Waals surface area contributed by atoms with E-state index in [1.54, 1.807) is 17.0 Å². The molecule has 138 valence electrons. The summed E-state index contributed by atoms with van der Waals surface area (Å²) in [5.74, 6) is 0.762. The predicted octanol–water partition coefficient (Wildman–Crippen LogP) is 0.815. The number of rotatable bonds is 6. The van der Waals surface area contributed by atoms with Crippen LogP contribution in [0, 0.1) is 0 Å². The second-order valence-corrected chi connectivity index (χ2v) is 5.82. The Bertz CT molecular complexity index is 602. The van der Waals surface area contributed by atoms with E-state index in [2.05, 4.69) is 10.2 Å². The summed E-state index contributed by atoms with van der Waals surface area (Å²) < 4.78 is 15.7. The van der Waals surface area contributed by atoms with Crippen LogP contribution in [0.2, 0.25) is 0 Å². The number of carbonyl (C=O) groups is 2. The molecule has 1 fully saturated rings. The van der Waals surface area contributed by atoms with Crippen molar-refractivity contribution in [3.05, 3.63) is 12.1 Å². The molecule has 0 unspecified atom stereocenters. The largest absolute Gasteiger partial charge is 0.493 e. The van der Waals surface area contributed by atoms with Crippen molar-refractivity contribution in [2.75, 3.05) is 59.9 Å². The number of hydrogen-bond acceptors (Lipinski definition) is 6. The Labute approximate surface area is 147 Å². The average Bonchev–Trinajstić information content (AvgIpc) is 2.61. The number of anilines is 1. The first-order valence-electron chi connectivity index (χ1n) is 8.04. The zero-order valence-electron chi connectivity index (χ0n) is 15.1. The maximum atomic E-state index is 12.2. The molecule has 2 amide bonds. The second-order valence-electron chi connectivity index (χ2n) is 5.82. The lowest BCUT2D eigenvalue weighted by Crippen LogP contribution is -2.47. The number of nitrogens with one attached hydrogen (secondary N) is 1. The van der Waals surface area contributed by atoms with E-state index in [-0.39, 0.29) is 18.2 Å². The van der Waals surface area contributed by atoms with E-state index < -0.39 is 0 Å². The van der Waals surface area contributed by atoms with Crippen molar-refractivity contribution >= 4 is 17.5 Å². The zero-order valence-corrected chi connectivity index (χ0v) is 15.1. The van der Waals surface area contributed by atoms with Gasteiger partial charge in [0.05, 0.1) is 21.3 Å². The van der Waals surface area contributed by atoms with Gasteiger partial charge in [-0.2, -0.15) is 0 Å². The SMILES string of the molecule is COc1cc(NC(=O)CC(=O)N2CCN(C)CC2)cc(OC)c1OC. The molecule has 0 bridgehead atoms. The summed E-state index contributed by atoms with van der Waals surface area (Å²) in [6.45, 7) is 2.93. The molecule has 1 aromatic rings. The third-order valence-electron chi connectivity index (χ3n) is 4.12. The quantitative estimate of drug-likeness (QED) is 0.764. The van der Waals surface area contributed by atoms with E-state index in [4.69, 9.17) is 14.2 Å². The third-order valence-corrected chi connectivity index (χ3v) is 4.12. The summed E-state index contributed by atoms with van der Waals surface area (Å²) in [5, 5.41) is 2.71. The fraction of sp³-hybridized carbons (Fsp3) is 0.529. The number of amides is 2. The Morgan fingerprint density at radius 2 is 1.56 bits per heavy atom. The van der Waals surface area contributed by atoms with Gasteiger partial charge in [0.1, 0.15) is 6.42 Å². The Balaban J connectivity index is 2.01. The van der Waals surface area contributed by atoms with Gasteiger partial charge in [-0.25, -0.2) is 0 Å².